The summed E-state index contributed by atoms with van der Waals surface area (Å²) < 4.78 is 12.3. The van der Waals surface area contributed by atoms with Gasteiger partial charge in [0.15, 0.2) is 0 Å². The van der Waals surface area contributed by atoms with Crippen LogP contribution in [0.3, 0.4) is 0 Å². The lowest BCUT2D eigenvalue weighted by atomic mass is 9.79. The van der Waals surface area contributed by atoms with Crippen molar-refractivity contribution in [2.24, 2.45) is 11.8 Å². The smallest absolute Gasteiger partial charge is 0.399 e. The van der Waals surface area contributed by atoms with Crippen molar-refractivity contribution >= 4 is 18.5 Å². The highest BCUT2D eigenvalue weighted by atomic mass is 16.7. The summed E-state index contributed by atoms with van der Waals surface area (Å²) in [6.07, 6.45) is 3.39. The van der Waals surface area contributed by atoms with Gasteiger partial charge in [-0.05, 0) is 57.0 Å². The van der Waals surface area contributed by atoms with Crippen molar-refractivity contribution in [3.8, 4) is 11.3 Å². The van der Waals surface area contributed by atoms with Gasteiger partial charge in [-0.15, -0.1) is 0 Å². The number of imidazole rings is 1. The molecule has 4 rings (SSSR count). The van der Waals surface area contributed by atoms with E-state index in [4.69, 9.17) is 9.31 Å². The van der Waals surface area contributed by atoms with Crippen LogP contribution in [0.5, 0.6) is 0 Å². The van der Waals surface area contributed by atoms with Crippen molar-refractivity contribution in [2.45, 2.75) is 78.6 Å². The first-order valence-electron chi connectivity index (χ1n) is 11.8. The maximum Gasteiger partial charge on any atom is 0.494 e. The lowest BCUT2D eigenvalue weighted by molar-refractivity contribution is -0.133. The number of nitrogens with zero attached hydrogens (tertiary/aromatic N) is 2. The molecule has 0 spiro atoms. The molecule has 3 heterocycles. The first-order valence-corrected chi connectivity index (χ1v) is 11.8. The standard InChI is InChI=1S/C25H36BN3O3/c1-16(2)12-22(30)29-15-17(3)13-21(29)23-27-14-20(28-23)18-8-10-19(11-9-18)26-31-24(4,5)25(6,7)32-26/h8-11,14,16-17,21H,12-13,15H2,1-7H3,(H,27,28)/t17-,21-/m0/s1. The topological polar surface area (TPSA) is 67.5 Å². The van der Waals surface area contributed by atoms with E-state index in [-0.39, 0.29) is 30.3 Å². The predicted octanol–water partition coefficient (Wildman–Crippen LogP) is 4.33. The Morgan fingerprint density at radius 1 is 1.19 bits per heavy atom. The number of carbonyl (C=O) groups excluding carboxylic acids is 1. The summed E-state index contributed by atoms with van der Waals surface area (Å²) in [6, 6.07) is 8.25. The Morgan fingerprint density at radius 2 is 1.81 bits per heavy atom. The molecule has 2 aliphatic heterocycles. The van der Waals surface area contributed by atoms with Gasteiger partial charge in [0, 0.05) is 13.0 Å². The zero-order chi connectivity index (χ0) is 23.3. The van der Waals surface area contributed by atoms with Gasteiger partial charge in [-0.1, -0.05) is 45.0 Å². The van der Waals surface area contributed by atoms with Gasteiger partial charge in [0.05, 0.1) is 29.1 Å². The summed E-state index contributed by atoms with van der Waals surface area (Å²) in [6.45, 7) is 15.4. The van der Waals surface area contributed by atoms with Crippen LogP contribution in [0, 0.1) is 11.8 Å². The van der Waals surface area contributed by atoms with Gasteiger partial charge in [-0.2, -0.15) is 0 Å². The highest BCUT2D eigenvalue weighted by Gasteiger charge is 2.51. The number of H-pyrrole nitrogens is 1. The number of hydrogen-bond acceptors (Lipinski definition) is 4. The van der Waals surface area contributed by atoms with E-state index in [0.29, 0.717) is 18.3 Å². The van der Waals surface area contributed by atoms with Gasteiger partial charge in [0.25, 0.3) is 0 Å². The highest BCUT2D eigenvalue weighted by molar-refractivity contribution is 6.62. The first-order chi connectivity index (χ1) is 15.0. The van der Waals surface area contributed by atoms with Gasteiger partial charge in [0.2, 0.25) is 5.91 Å². The second-order valence-corrected chi connectivity index (χ2v) is 10.9. The highest BCUT2D eigenvalue weighted by Crippen LogP contribution is 2.37. The summed E-state index contributed by atoms with van der Waals surface area (Å²) in [5.74, 6) is 1.92. The number of likely N-dealkylation sites (tertiary alicyclic amines) is 1. The van der Waals surface area contributed by atoms with E-state index in [2.05, 4.69) is 70.6 Å². The van der Waals surface area contributed by atoms with E-state index < -0.39 is 0 Å². The average molecular weight is 437 g/mol. The van der Waals surface area contributed by atoms with Crippen molar-refractivity contribution in [1.29, 1.82) is 0 Å². The van der Waals surface area contributed by atoms with Crippen molar-refractivity contribution in [3.63, 3.8) is 0 Å². The number of amides is 1. The van der Waals surface area contributed by atoms with Crippen LogP contribution >= 0.6 is 0 Å². The van der Waals surface area contributed by atoms with Crippen LogP contribution in [0.2, 0.25) is 0 Å². The van der Waals surface area contributed by atoms with Crippen LogP contribution in [0.1, 0.15) is 73.2 Å². The molecule has 0 aliphatic carbocycles. The molecule has 2 saturated heterocycles. The molecule has 0 bridgehead atoms. The molecular formula is C25H36BN3O3. The lowest BCUT2D eigenvalue weighted by Crippen LogP contribution is -2.41. The zero-order valence-electron chi connectivity index (χ0n) is 20.4. The summed E-state index contributed by atoms with van der Waals surface area (Å²) >= 11 is 0. The molecule has 7 heteroatoms. The van der Waals surface area contributed by atoms with Crippen molar-refractivity contribution in [2.75, 3.05) is 6.54 Å². The van der Waals surface area contributed by atoms with E-state index in [1.54, 1.807) is 0 Å². The molecule has 1 aromatic heterocycles. The Morgan fingerprint density at radius 3 is 2.41 bits per heavy atom. The van der Waals surface area contributed by atoms with E-state index in [9.17, 15) is 4.79 Å². The average Bonchev–Trinajstić information content (AvgIpc) is 3.38. The van der Waals surface area contributed by atoms with Crippen LogP contribution in [-0.2, 0) is 14.1 Å². The second kappa shape index (κ2) is 8.34. The Balaban J connectivity index is 1.50. The second-order valence-electron chi connectivity index (χ2n) is 10.9. The number of hydrogen-bond donors (Lipinski definition) is 1. The van der Waals surface area contributed by atoms with E-state index in [1.165, 1.54) is 0 Å². The predicted molar refractivity (Wildman–Crippen MR) is 127 cm³/mol. The maximum atomic E-state index is 12.8. The minimum atomic E-state index is -0.369. The molecule has 0 radical (unpaired) electrons. The fourth-order valence-electron chi connectivity index (χ4n) is 4.50. The van der Waals surface area contributed by atoms with E-state index >= 15 is 0 Å². The molecule has 1 amide bonds. The summed E-state index contributed by atoms with van der Waals surface area (Å²) in [4.78, 5) is 22.9. The lowest BCUT2D eigenvalue weighted by Gasteiger charge is -2.32. The molecule has 2 aliphatic rings. The number of benzene rings is 1. The molecular weight excluding hydrogens is 401 g/mol. The van der Waals surface area contributed by atoms with Gasteiger partial charge < -0.3 is 19.2 Å². The number of carbonyl (C=O) groups is 1. The third-order valence-corrected chi connectivity index (χ3v) is 7.07. The number of rotatable bonds is 5. The zero-order valence-corrected chi connectivity index (χ0v) is 20.4. The number of aromatic amines is 1. The molecule has 2 atom stereocenters. The third-order valence-electron chi connectivity index (χ3n) is 7.07. The van der Waals surface area contributed by atoms with Gasteiger partial charge in [-0.25, -0.2) is 4.98 Å². The summed E-state index contributed by atoms with van der Waals surface area (Å²) in [7, 11) is -0.369. The quantitative estimate of drug-likeness (QED) is 0.707. The van der Waals surface area contributed by atoms with Crippen LogP contribution in [0.4, 0.5) is 0 Å². The monoisotopic (exact) mass is 437 g/mol. The number of aromatic nitrogens is 2. The van der Waals surface area contributed by atoms with E-state index in [1.807, 2.05) is 23.2 Å². The third kappa shape index (κ3) is 4.37. The van der Waals surface area contributed by atoms with Gasteiger partial charge in [-0.3, -0.25) is 4.79 Å². The first kappa shape index (κ1) is 23.1. The van der Waals surface area contributed by atoms with Crippen molar-refractivity contribution in [3.05, 3.63) is 36.3 Å². The number of nitrogens with one attached hydrogen (secondary N) is 1. The largest absolute Gasteiger partial charge is 0.494 e. The molecule has 2 fully saturated rings. The van der Waals surface area contributed by atoms with E-state index in [0.717, 1.165) is 35.5 Å². The molecule has 6 nitrogen and oxygen atoms in total. The van der Waals surface area contributed by atoms with Crippen LogP contribution in [0.15, 0.2) is 30.5 Å². The van der Waals surface area contributed by atoms with Crippen LogP contribution < -0.4 is 5.46 Å². The Hall–Kier alpha value is -2.12. The SMILES string of the molecule is CC(C)CC(=O)N1C[C@@H](C)C[C@H]1c1ncc(-c2ccc(B3OC(C)(C)C(C)(C)O3)cc2)[nH]1. The van der Waals surface area contributed by atoms with Gasteiger partial charge in [0.1, 0.15) is 5.82 Å². The molecule has 0 unspecified atom stereocenters. The summed E-state index contributed by atoms with van der Waals surface area (Å²) in [5, 5.41) is 0. The molecule has 32 heavy (non-hydrogen) atoms. The molecule has 0 saturated carbocycles. The van der Waals surface area contributed by atoms with Crippen molar-refractivity contribution < 1.29 is 14.1 Å². The molecule has 1 N–H and O–H groups in total. The Labute approximate surface area is 192 Å². The van der Waals surface area contributed by atoms with Crippen molar-refractivity contribution in [1.82, 2.24) is 14.9 Å². The van der Waals surface area contributed by atoms with Gasteiger partial charge >= 0.3 is 7.12 Å². The molecule has 2 aromatic rings. The fourth-order valence-corrected chi connectivity index (χ4v) is 4.50. The normalized spacial score (nSPS) is 24.5. The fraction of sp³-hybridized carbons (Fsp3) is 0.600. The minimum absolute atomic E-state index is 0.0222. The minimum Gasteiger partial charge on any atom is -0.399 e. The molecule has 1 aromatic carbocycles. The molecule has 172 valence electrons. The maximum absolute atomic E-state index is 12.8. The van der Waals surface area contributed by atoms with Crippen LogP contribution in [0.25, 0.3) is 11.3 Å². The Bertz CT molecular complexity index is 951. The summed E-state index contributed by atoms with van der Waals surface area (Å²) in [5.41, 5.74) is 2.30. The Kier molecular flexibility index (Phi) is 6.01. The van der Waals surface area contributed by atoms with Crippen LogP contribution in [-0.4, -0.2) is 45.6 Å².